The van der Waals surface area contributed by atoms with Crippen LogP contribution in [0.15, 0.2) is 24.3 Å². The maximum absolute atomic E-state index is 11.7. The quantitative estimate of drug-likeness (QED) is 0.788. The number of ether oxygens (including phenoxy) is 1. The van der Waals surface area contributed by atoms with Gasteiger partial charge in [0.1, 0.15) is 5.75 Å². The van der Waals surface area contributed by atoms with Crippen molar-refractivity contribution in [2.24, 2.45) is 0 Å². The normalized spacial score (nSPS) is 11.9. The van der Waals surface area contributed by atoms with Gasteiger partial charge in [0.25, 0.3) is 5.91 Å². The molecule has 0 aromatic heterocycles. The Hall–Kier alpha value is -1.55. The number of rotatable bonds is 5. The van der Waals surface area contributed by atoms with Crippen molar-refractivity contribution in [3.63, 3.8) is 0 Å². The Bertz CT molecular complexity index is 331. The summed E-state index contributed by atoms with van der Waals surface area (Å²) in [5.41, 5.74) is 0.563. The summed E-state index contributed by atoms with van der Waals surface area (Å²) in [6, 6.07) is 6.66. The summed E-state index contributed by atoms with van der Waals surface area (Å²) in [5, 5.41) is 11.7. The molecule has 0 heterocycles. The molecule has 4 heteroatoms. The maximum atomic E-state index is 11.7. The fraction of sp³-hybridized carbons (Fsp3) is 0.417. The molecule has 16 heavy (non-hydrogen) atoms. The highest BCUT2D eigenvalue weighted by Gasteiger charge is 2.10. The summed E-state index contributed by atoms with van der Waals surface area (Å²) in [4.78, 5) is 11.7. The summed E-state index contributed by atoms with van der Waals surface area (Å²) in [6.45, 7) is 1.87. The highest BCUT2D eigenvalue weighted by Crippen LogP contribution is 2.11. The minimum Gasteiger partial charge on any atom is -0.497 e. The SMILES string of the molecule is CCC(CO)NC(=O)c1ccc(OC)cc1. The lowest BCUT2D eigenvalue weighted by molar-refractivity contribution is 0.0915. The standard InChI is InChI=1S/C12H17NO3/c1-3-10(8-14)13-12(15)9-4-6-11(16-2)7-5-9/h4-7,10,14H,3,8H2,1-2H3,(H,13,15). The maximum Gasteiger partial charge on any atom is 0.251 e. The predicted octanol–water partition coefficient (Wildman–Crippen LogP) is 1.20. The minimum absolute atomic E-state index is 0.0433. The van der Waals surface area contributed by atoms with Crippen molar-refractivity contribution in [2.75, 3.05) is 13.7 Å². The second kappa shape index (κ2) is 6.12. The van der Waals surface area contributed by atoms with Crippen molar-refractivity contribution in [3.8, 4) is 5.75 Å². The van der Waals surface area contributed by atoms with Crippen LogP contribution >= 0.6 is 0 Å². The Kier molecular flexibility index (Phi) is 4.79. The number of hydrogen-bond donors (Lipinski definition) is 2. The van der Waals surface area contributed by atoms with Gasteiger partial charge < -0.3 is 15.2 Å². The number of methoxy groups -OCH3 is 1. The number of amides is 1. The van der Waals surface area contributed by atoms with Crippen LogP contribution in [0.3, 0.4) is 0 Å². The van der Waals surface area contributed by atoms with Crippen LogP contribution in [0.5, 0.6) is 5.75 Å². The third-order valence-electron chi connectivity index (χ3n) is 2.40. The molecule has 2 N–H and O–H groups in total. The molecule has 0 aliphatic carbocycles. The van der Waals surface area contributed by atoms with Crippen LogP contribution in [0.2, 0.25) is 0 Å². The second-order valence-electron chi connectivity index (χ2n) is 3.49. The number of aliphatic hydroxyl groups excluding tert-OH is 1. The number of carbonyl (C=O) groups excluding carboxylic acids is 1. The van der Waals surface area contributed by atoms with E-state index in [1.165, 1.54) is 0 Å². The van der Waals surface area contributed by atoms with Gasteiger partial charge in [0, 0.05) is 5.56 Å². The number of benzene rings is 1. The van der Waals surface area contributed by atoms with E-state index in [2.05, 4.69) is 5.32 Å². The Balaban J connectivity index is 2.65. The molecule has 0 aliphatic rings. The molecule has 0 bridgehead atoms. The topological polar surface area (TPSA) is 58.6 Å². The second-order valence-corrected chi connectivity index (χ2v) is 3.49. The molecule has 0 saturated heterocycles. The monoisotopic (exact) mass is 223 g/mol. The smallest absolute Gasteiger partial charge is 0.251 e. The van der Waals surface area contributed by atoms with Gasteiger partial charge in [0.15, 0.2) is 0 Å². The van der Waals surface area contributed by atoms with Crippen LogP contribution < -0.4 is 10.1 Å². The van der Waals surface area contributed by atoms with Gasteiger partial charge in [-0.1, -0.05) is 6.92 Å². The summed E-state index contributed by atoms with van der Waals surface area (Å²) in [5.74, 6) is 0.536. The molecule has 1 unspecified atom stereocenters. The zero-order valence-corrected chi connectivity index (χ0v) is 9.56. The molecule has 0 radical (unpaired) electrons. The van der Waals surface area contributed by atoms with Crippen molar-refractivity contribution >= 4 is 5.91 Å². The zero-order chi connectivity index (χ0) is 12.0. The molecular weight excluding hydrogens is 206 g/mol. The molecule has 1 aromatic carbocycles. The fourth-order valence-corrected chi connectivity index (χ4v) is 1.29. The van der Waals surface area contributed by atoms with Gasteiger partial charge in [-0.25, -0.2) is 0 Å². The molecule has 1 rings (SSSR count). The van der Waals surface area contributed by atoms with Crippen molar-refractivity contribution < 1.29 is 14.6 Å². The lowest BCUT2D eigenvalue weighted by Crippen LogP contribution is -2.36. The molecule has 1 atom stereocenters. The van der Waals surface area contributed by atoms with Crippen LogP contribution in [-0.2, 0) is 0 Å². The van der Waals surface area contributed by atoms with E-state index in [4.69, 9.17) is 9.84 Å². The summed E-state index contributed by atoms with van der Waals surface area (Å²) < 4.78 is 5.00. The average Bonchev–Trinajstić information content (AvgIpc) is 2.35. The molecular formula is C12H17NO3. The van der Waals surface area contributed by atoms with E-state index >= 15 is 0 Å². The third kappa shape index (κ3) is 3.24. The lowest BCUT2D eigenvalue weighted by atomic mass is 10.1. The molecule has 1 aromatic rings. The number of hydrogen-bond acceptors (Lipinski definition) is 3. The van der Waals surface area contributed by atoms with E-state index in [1.807, 2.05) is 6.92 Å². The molecule has 0 saturated carbocycles. The molecule has 0 fully saturated rings. The number of carbonyl (C=O) groups is 1. The van der Waals surface area contributed by atoms with E-state index < -0.39 is 0 Å². The Labute approximate surface area is 95.2 Å². The third-order valence-corrected chi connectivity index (χ3v) is 2.40. The van der Waals surface area contributed by atoms with Gasteiger partial charge in [-0.2, -0.15) is 0 Å². The zero-order valence-electron chi connectivity index (χ0n) is 9.56. The van der Waals surface area contributed by atoms with Gasteiger partial charge >= 0.3 is 0 Å². The van der Waals surface area contributed by atoms with Gasteiger partial charge in [-0.3, -0.25) is 4.79 Å². The average molecular weight is 223 g/mol. The lowest BCUT2D eigenvalue weighted by Gasteiger charge is -2.13. The van der Waals surface area contributed by atoms with E-state index in [9.17, 15) is 4.79 Å². The first-order chi connectivity index (χ1) is 7.71. The van der Waals surface area contributed by atoms with E-state index in [0.29, 0.717) is 17.7 Å². The van der Waals surface area contributed by atoms with Gasteiger partial charge in [0.05, 0.1) is 19.8 Å². The molecule has 0 spiro atoms. The first-order valence-electron chi connectivity index (χ1n) is 5.27. The first kappa shape index (κ1) is 12.5. The van der Waals surface area contributed by atoms with Crippen LogP contribution in [-0.4, -0.2) is 30.8 Å². The van der Waals surface area contributed by atoms with E-state index in [0.717, 1.165) is 0 Å². The van der Waals surface area contributed by atoms with Crippen LogP contribution in [0.4, 0.5) is 0 Å². The molecule has 0 aliphatic heterocycles. The van der Waals surface area contributed by atoms with Crippen LogP contribution in [0, 0.1) is 0 Å². The number of aliphatic hydroxyl groups is 1. The largest absolute Gasteiger partial charge is 0.497 e. The molecule has 1 amide bonds. The van der Waals surface area contributed by atoms with Crippen molar-refractivity contribution in [1.82, 2.24) is 5.32 Å². The Morgan fingerprint density at radius 1 is 1.44 bits per heavy atom. The summed E-state index contributed by atoms with van der Waals surface area (Å²) in [7, 11) is 1.58. The highest BCUT2D eigenvalue weighted by atomic mass is 16.5. The van der Waals surface area contributed by atoms with Gasteiger partial charge in [0.2, 0.25) is 0 Å². The van der Waals surface area contributed by atoms with Crippen LogP contribution in [0.25, 0.3) is 0 Å². The minimum atomic E-state index is -0.186. The Morgan fingerprint density at radius 2 is 2.06 bits per heavy atom. The fourth-order valence-electron chi connectivity index (χ4n) is 1.29. The molecule has 4 nitrogen and oxygen atoms in total. The first-order valence-corrected chi connectivity index (χ1v) is 5.27. The highest BCUT2D eigenvalue weighted by molar-refractivity contribution is 5.94. The van der Waals surface area contributed by atoms with E-state index in [1.54, 1.807) is 31.4 Å². The Morgan fingerprint density at radius 3 is 2.50 bits per heavy atom. The number of nitrogens with one attached hydrogen (secondary N) is 1. The van der Waals surface area contributed by atoms with Crippen molar-refractivity contribution in [2.45, 2.75) is 19.4 Å². The molecule has 88 valence electrons. The predicted molar refractivity (Wildman–Crippen MR) is 61.6 cm³/mol. The summed E-state index contributed by atoms with van der Waals surface area (Å²) >= 11 is 0. The van der Waals surface area contributed by atoms with Gasteiger partial charge in [-0.15, -0.1) is 0 Å². The van der Waals surface area contributed by atoms with Crippen LogP contribution in [0.1, 0.15) is 23.7 Å². The van der Waals surface area contributed by atoms with Crippen molar-refractivity contribution in [1.29, 1.82) is 0 Å². The van der Waals surface area contributed by atoms with Gasteiger partial charge in [-0.05, 0) is 30.7 Å². The van der Waals surface area contributed by atoms with E-state index in [-0.39, 0.29) is 18.6 Å². The summed E-state index contributed by atoms with van der Waals surface area (Å²) in [6.07, 6.45) is 0.707. The van der Waals surface area contributed by atoms with Crippen molar-refractivity contribution in [3.05, 3.63) is 29.8 Å².